The van der Waals surface area contributed by atoms with Gasteiger partial charge in [-0.25, -0.2) is 0 Å². The topological polar surface area (TPSA) is 116 Å². The van der Waals surface area contributed by atoms with Gasteiger partial charge in [0.1, 0.15) is 5.78 Å². The molecule has 3 atom stereocenters. The van der Waals surface area contributed by atoms with Crippen molar-refractivity contribution < 1.29 is 24.0 Å². The molecule has 0 aromatic heterocycles. The van der Waals surface area contributed by atoms with Gasteiger partial charge in [-0.15, -0.1) is 0 Å². The Kier molecular flexibility index (Phi) is 6.23. The maximum Gasteiger partial charge on any atom is 0.307 e. The Labute approximate surface area is 135 Å². The second-order valence-electron chi connectivity index (χ2n) is 7.10. The van der Waals surface area contributed by atoms with Crippen LogP contribution in [0.15, 0.2) is 0 Å². The van der Waals surface area contributed by atoms with Crippen LogP contribution in [0.3, 0.4) is 0 Å². The van der Waals surface area contributed by atoms with Crippen molar-refractivity contribution in [3.8, 4) is 0 Å². The van der Waals surface area contributed by atoms with Crippen molar-refractivity contribution in [1.82, 2.24) is 5.32 Å². The predicted octanol–water partition coefficient (Wildman–Crippen LogP) is 0.952. The number of nitrogens with one attached hydrogen (secondary N) is 1. The molecule has 1 rings (SSSR count). The molecular weight excluding hydrogens is 304 g/mol. The third-order valence-electron chi connectivity index (χ3n) is 3.81. The van der Waals surface area contributed by atoms with Gasteiger partial charge in [-0.1, -0.05) is 6.92 Å². The van der Waals surface area contributed by atoms with Crippen molar-refractivity contribution in [2.24, 2.45) is 17.8 Å². The van der Waals surface area contributed by atoms with Crippen LogP contribution in [0.1, 0.15) is 40.5 Å². The molecular formula is C15H24N2O6. The van der Waals surface area contributed by atoms with Gasteiger partial charge >= 0.3 is 5.97 Å². The summed E-state index contributed by atoms with van der Waals surface area (Å²) in [5, 5.41) is 13.4. The van der Waals surface area contributed by atoms with Crippen LogP contribution in [-0.2, 0) is 19.1 Å². The molecule has 0 aromatic rings. The molecule has 8 heteroatoms. The first-order valence-corrected chi connectivity index (χ1v) is 7.60. The molecule has 23 heavy (non-hydrogen) atoms. The second kappa shape index (κ2) is 7.52. The van der Waals surface area contributed by atoms with E-state index >= 15 is 0 Å². The molecule has 0 unspecified atom stereocenters. The highest BCUT2D eigenvalue weighted by atomic mass is 16.6. The van der Waals surface area contributed by atoms with Crippen LogP contribution in [0, 0.1) is 27.9 Å². The molecule has 0 bridgehead atoms. The Morgan fingerprint density at radius 2 is 2.00 bits per heavy atom. The number of amides is 1. The average Bonchev–Trinajstić information content (AvgIpc) is 2.61. The summed E-state index contributed by atoms with van der Waals surface area (Å²) in [4.78, 5) is 45.6. The van der Waals surface area contributed by atoms with E-state index in [2.05, 4.69) is 5.32 Å². The number of ketones is 1. The molecule has 1 saturated carbocycles. The lowest BCUT2D eigenvalue weighted by molar-refractivity contribution is -0.490. The molecule has 0 radical (unpaired) electrons. The molecule has 8 nitrogen and oxygen atoms in total. The van der Waals surface area contributed by atoms with E-state index in [1.807, 2.05) is 0 Å². The van der Waals surface area contributed by atoms with Crippen molar-refractivity contribution in [3.05, 3.63) is 10.1 Å². The van der Waals surface area contributed by atoms with Gasteiger partial charge in [-0.3, -0.25) is 24.5 Å². The third-order valence-corrected chi connectivity index (χ3v) is 3.81. The monoisotopic (exact) mass is 328 g/mol. The first-order chi connectivity index (χ1) is 10.5. The minimum Gasteiger partial charge on any atom is -0.456 e. The summed E-state index contributed by atoms with van der Waals surface area (Å²) in [6.45, 7) is 6.41. The molecule has 0 saturated heterocycles. The van der Waals surface area contributed by atoms with Crippen LogP contribution in [0.4, 0.5) is 0 Å². The van der Waals surface area contributed by atoms with E-state index in [-0.39, 0.29) is 31.1 Å². The van der Waals surface area contributed by atoms with Crippen LogP contribution in [0.25, 0.3) is 0 Å². The third kappa shape index (κ3) is 6.33. The summed E-state index contributed by atoms with van der Waals surface area (Å²) in [6, 6.07) is 0. The Morgan fingerprint density at radius 1 is 1.39 bits per heavy atom. The van der Waals surface area contributed by atoms with E-state index in [4.69, 9.17) is 4.74 Å². The van der Waals surface area contributed by atoms with E-state index in [0.717, 1.165) is 0 Å². The Bertz CT molecular complexity index is 497. The molecule has 1 aliphatic carbocycles. The van der Waals surface area contributed by atoms with Crippen molar-refractivity contribution in [2.75, 3.05) is 13.2 Å². The lowest BCUT2D eigenvalue weighted by atomic mass is 9.88. The number of hydrogen-bond donors (Lipinski definition) is 1. The molecule has 1 amide bonds. The van der Waals surface area contributed by atoms with Gasteiger partial charge in [0.05, 0.1) is 6.42 Å². The number of esters is 1. The van der Waals surface area contributed by atoms with Gasteiger partial charge in [0, 0.05) is 28.7 Å². The molecule has 0 spiro atoms. The lowest BCUT2D eigenvalue weighted by Crippen LogP contribution is -2.42. The van der Waals surface area contributed by atoms with Gasteiger partial charge < -0.3 is 10.1 Å². The fourth-order valence-electron chi connectivity index (χ4n) is 2.84. The lowest BCUT2D eigenvalue weighted by Gasteiger charge is -2.20. The number of carbonyl (C=O) groups excluding carboxylic acids is 3. The summed E-state index contributed by atoms with van der Waals surface area (Å²) < 4.78 is 4.88. The number of rotatable bonds is 6. The van der Waals surface area contributed by atoms with Crippen molar-refractivity contribution in [1.29, 1.82) is 0 Å². The summed E-state index contributed by atoms with van der Waals surface area (Å²) in [5.41, 5.74) is -0.433. The van der Waals surface area contributed by atoms with Gasteiger partial charge in [0.25, 0.3) is 5.91 Å². The largest absolute Gasteiger partial charge is 0.456 e. The fourth-order valence-corrected chi connectivity index (χ4v) is 2.84. The Hall–Kier alpha value is -1.99. The van der Waals surface area contributed by atoms with Crippen LogP contribution in [-0.4, -0.2) is 41.3 Å². The summed E-state index contributed by atoms with van der Waals surface area (Å²) in [6.07, 6.45) is 0.0193. The van der Waals surface area contributed by atoms with Gasteiger partial charge in [-0.2, -0.15) is 0 Å². The quantitative estimate of drug-likeness (QED) is 0.441. The smallest absolute Gasteiger partial charge is 0.307 e. The highest BCUT2D eigenvalue weighted by molar-refractivity contribution is 5.88. The number of carbonyl (C=O) groups is 3. The summed E-state index contributed by atoms with van der Waals surface area (Å²) in [5.74, 6) is -2.56. The van der Waals surface area contributed by atoms with Crippen LogP contribution >= 0.6 is 0 Å². The van der Waals surface area contributed by atoms with E-state index < -0.39 is 40.8 Å². The van der Waals surface area contributed by atoms with E-state index in [9.17, 15) is 24.5 Å². The van der Waals surface area contributed by atoms with E-state index in [0.29, 0.717) is 0 Å². The molecule has 0 aliphatic heterocycles. The highest BCUT2D eigenvalue weighted by Crippen LogP contribution is 2.36. The van der Waals surface area contributed by atoms with Gasteiger partial charge in [-0.05, 0) is 26.7 Å². The number of Topliss-reactive ketones (excluding diaryl/α,β-unsaturated/α-hetero) is 1. The van der Waals surface area contributed by atoms with Crippen LogP contribution in [0.2, 0.25) is 0 Å². The van der Waals surface area contributed by atoms with Crippen molar-refractivity contribution in [3.63, 3.8) is 0 Å². The molecule has 1 fully saturated rings. The number of nitro groups is 1. The normalized spacial score (nSPS) is 24.3. The molecule has 130 valence electrons. The first kappa shape index (κ1) is 19.1. The predicted molar refractivity (Wildman–Crippen MR) is 81.1 cm³/mol. The van der Waals surface area contributed by atoms with Gasteiger partial charge in [0.15, 0.2) is 6.61 Å². The fraction of sp³-hybridized carbons (Fsp3) is 0.800. The van der Waals surface area contributed by atoms with Crippen molar-refractivity contribution in [2.45, 2.75) is 46.1 Å². The molecule has 1 N–H and O–H groups in total. The first-order valence-electron chi connectivity index (χ1n) is 7.60. The molecule has 0 aromatic carbocycles. The summed E-state index contributed by atoms with van der Waals surface area (Å²) >= 11 is 0. The maximum atomic E-state index is 11.9. The van der Waals surface area contributed by atoms with E-state index in [1.165, 1.54) is 0 Å². The average molecular weight is 328 g/mol. The minimum absolute atomic E-state index is 0.130. The zero-order chi connectivity index (χ0) is 17.8. The van der Waals surface area contributed by atoms with Crippen LogP contribution < -0.4 is 5.32 Å². The second-order valence-corrected chi connectivity index (χ2v) is 7.10. The summed E-state index contributed by atoms with van der Waals surface area (Å²) in [7, 11) is 0. The zero-order valence-electron chi connectivity index (χ0n) is 14.0. The molecule has 1 aliphatic rings. The number of nitrogens with zero attached hydrogens (tertiary/aromatic N) is 1. The van der Waals surface area contributed by atoms with Gasteiger partial charge in [0.2, 0.25) is 6.54 Å². The van der Waals surface area contributed by atoms with Crippen molar-refractivity contribution >= 4 is 17.7 Å². The number of hydrogen-bond acceptors (Lipinski definition) is 6. The maximum absolute atomic E-state index is 11.9. The Balaban J connectivity index is 2.53. The van der Waals surface area contributed by atoms with E-state index in [1.54, 1.807) is 27.7 Å². The highest BCUT2D eigenvalue weighted by Gasteiger charge is 2.44. The SMILES string of the molecule is C[C@H]1CC(=O)[C@H](CC(=O)OCC(=O)NC(C)(C)C)[C@@H]1C[N+](=O)[O-]. The standard InChI is InChI=1S/C15H24N2O6/c1-9-5-12(18)10(11(9)7-17(21)22)6-14(20)23-8-13(19)16-15(2,3)4/h9-11H,5-8H2,1-4H3,(H,16,19)/t9-,10+,11+/m0/s1. The zero-order valence-corrected chi connectivity index (χ0v) is 14.0. The number of ether oxygens (including phenoxy) is 1. The van der Waals surface area contributed by atoms with Crippen LogP contribution in [0.5, 0.6) is 0 Å². The Morgan fingerprint density at radius 3 is 2.52 bits per heavy atom. The minimum atomic E-state index is -0.700. The molecule has 0 heterocycles.